The molecule has 0 spiro atoms. The minimum Gasteiger partial charge on any atom is -0.395 e. The fourth-order valence-corrected chi connectivity index (χ4v) is 6.70. The van der Waals surface area contributed by atoms with Crippen LogP contribution in [0.1, 0.15) is 58.3 Å². The number of hydrogen-bond donors (Lipinski definition) is 3. The molecule has 0 unspecified atom stereocenters. The first-order chi connectivity index (χ1) is 10.5. The molecule has 0 aromatic heterocycles. The minimum atomic E-state index is -0.218. The maximum Gasteiger partial charge on any atom is 0.0596 e. The van der Waals surface area contributed by atoms with Crippen LogP contribution in [0.4, 0.5) is 0 Å². The Balaban J connectivity index is 1.70. The Labute approximate surface area is 133 Å². The summed E-state index contributed by atoms with van der Waals surface area (Å²) in [5, 5.41) is 30.8. The molecule has 4 aliphatic carbocycles. The van der Waals surface area contributed by atoms with E-state index < -0.39 is 0 Å². The number of aliphatic hydroxyl groups excluding tert-OH is 3. The third kappa shape index (κ3) is 1.85. The van der Waals surface area contributed by atoms with Gasteiger partial charge in [-0.15, -0.1) is 0 Å². The van der Waals surface area contributed by atoms with Gasteiger partial charge < -0.3 is 15.3 Å². The maximum atomic E-state index is 10.5. The first-order valence-electron chi connectivity index (χ1n) is 9.18. The van der Waals surface area contributed by atoms with Crippen LogP contribution in [-0.4, -0.2) is 34.1 Å². The van der Waals surface area contributed by atoms with E-state index >= 15 is 0 Å². The van der Waals surface area contributed by atoms with Gasteiger partial charge in [0.1, 0.15) is 0 Å². The molecular weight excluding hydrogens is 276 g/mol. The summed E-state index contributed by atoms with van der Waals surface area (Å²) in [5.74, 6) is 1.77. The van der Waals surface area contributed by atoms with Crippen LogP contribution in [0.3, 0.4) is 0 Å². The molecule has 124 valence electrons. The molecule has 3 nitrogen and oxygen atoms in total. The molecule has 0 aliphatic heterocycles. The highest BCUT2D eigenvalue weighted by atomic mass is 16.3. The highest BCUT2D eigenvalue weighted by molar-refractivity contribution is 5.26. The van der Waals surface area contributed by atoms with E-state index in [1.165, 1.54) is 5.57 Å². The second-order valence-electron chi connectivity index (χ2n) is 8.69. The lowest BCUT2D eigenvalue weighted by Crippen LogP contribution is -2.53. The average Bonchev–Trinajstić information content (AvgIpc) is 2.82. The van der Waals surface area contributed by atoms with Crippen LogP contribution in [0.25, 0.3) is 0 Å². The van der Waals surface area contributed by atoms with Crippen LogP contribution in [0.2, 0.25) is 0 Å². The van der Waals surface area contributed by atoms with Gasteiger partial charge in [0.25, 0.3) is 0 Å². The second-order valence-corrected chi connectivity index (χ2v) is 8.69. The van der Waals surface area contributed by atoms with E-state index in [0.717, 1.165) is 51.4 Å². The average molecular weight is 306 g/mol. The zero-order chi connectivity index (χ0) is 15.5. The molecular formula is C19H30O3. The van der Waals surface area contributed by atoms with Crippen molar-refractivity contribution >= 4 is 0 Å². The highest BCUT2D eigenvalue weighted by Crippen LogP contribution is 2.64. The zero-order valence-electron chi connectivity index (χ0n) is 13.7. The summed E-state index contributed by atoms with van der Waals surface area (Å²) in [7, 11) is 0. The molecule has 0 bridgehead atoms. The molecule has 3 fully saturated rings. The summed E-state index contributed by atoms with van der Waals surface area (Å²) >= 11 is 0. The topological polar surface area (TPSA) is 60.7 Å². The van der Waals surface area contributed by atoms with Crippen LogP contribution in [0.15, 0.2) is 11.6 Å². The van der Waals surface area contributed by atoms with Crippen LogP contribution < -0.4 is 0 Å². The van der Waals surface area contributed by atoms with Gasteiger partial charge in [0.2, 0.25) is 0 Å². The third-order valence-corrected chi connectivity index (χ3v) is 8.03. The Bertz CT molecular complexity index is 487. The number of aliphatic hydroxyl groups is 3. The largest absolute Gasteiger partial charge is 0.395 e. The van der Waals surface area contributed by atoms with Gasteiger partial charge in [0.15, 0.2) is 0 Å². The Morgan fingerprint density at radius 2 is 1.91 bits per heavy atom. The Morgan fingerprint density at radius 3 is 2.68 bits per heavy atom. The summed E-state index contributed by atoms with van der Waals surface area (Å²) in [5.41, 5.74) is 1.35. The van der Waals surface area contributed by atoms with Gasteiger partial charge in [0.05, 0.1) is 18.8 Å². The summed E-state index contributed by atoms with van der Waals surface area (Å²) < 4.78 is 0. The van der Waals surface area contributed by atoms with Crippen molar-refractivity contribution in [2.24, 2.45) is 28.6 Å². The minimum absolute atomic E-state index is 0.0724. The molecule has 0 saturated heterocycles. The normalized spacial score (nSPS) is 54.2. The van der Waals surface area contributed by atoms with Gasteiger partial charge in [-0.25, -0.2) is 0 Å². The lowest BCUT2D eigenvalue weighted by atomic mass is 9.47. The van der Waals surface area contributed by atoms with Crippen LogP contribution >= 0.6 is 0 Å². The van der Waals surface area contributed by atoms with Crippen LogP contribution in [0, 0.1) is 28.6 Å². The van der Waals surface area contributed by atoms with Crippen molar-refractivity contribution in [3.8, 4) is 0 Å². The fourth-order valence-electron chi connectivity index (χ4n) is 6.70. The molecule has 4 rings (SSSR count). The van der Waals surface area contributed by atoms with Gasteiger partial charge >= 0.3 is 0 Å². The van der Waals surface area contributed by atoms with Gasteiger partial charge in [0, 0.05) is 5.41 Å². The van der Waals surface area contributed by atoms with Crippen LogP contribution in [0.5, 0.6) is 0 Å². The van der Waals surface area contributed by atoms with Crippen molar-refractivity contribution in [3.63, 3.8) is 0 Å². The molecule has 0 radical (unpaired) electrons. The number of fused-ring (bicyclic) bond motifs is 5. The molecule has 3 N–H and O–H groups in total. The molecule has 0 amide bonds. The van der Waals surface area contributed by atoms with Crippen molar-refractivity contribution < 1.29 is 15.3 Å². The number of hydrogen-bond acceptors (Lipinski definition) is 3. The van der Waals surface area contributed by atoms with E-state index in [0.29, 0.717) is 17.8 Å². The van der Waals surface area contributed by atoms with E-state index in [1.807, 2.05) is 0 Å². The van der Waals surface area contributed by atoms with E-state index in [-0.39, 0.29) is 29.6 Å². The summed E-state index contributed by atoms with van der Waals surface area (Å²) in [4.78, 5) is 0. The molecule has 4 aliphatic rings. The number of allylic oxidation sites excluding steroid dienone is 1. The first kappa shape index (κ1) is 15.2. The number of rotatable bonds is 1. The monoisotopic (exact) mass is 306 g/mol. The lowest BCUT2D eigenvalue weighted by Gasteiger charge is -2.58. The molecule has 0 aromatic carbocycles. The lowest BCUT2D eigenvalue weighted by molar-refractivity contribution is -0.0889. The van der Waals surface area contributed by atoms with Crippen molar-refractivity contribution in [2.45, 2.75) is 70.5 Å². The van der Waals surface area contributed by atoms with Gasteiger partial charge in [-0.1, -0.05) is 18.6 Å². The maximum absolute atomic E-state index is 10.5. The van der Waals surface area contributed by atoms with E-state index in [9.17, 15) is 15.3 Å². The molecule has 0 aromatic rings. The highest BCUT2D eigenvalue weighted by Gasteiger charge is 2.59. The van der Waals surface area contributed by atoms with E-state index in [4.69, 9.17) is 0 Å². The zero-order valence-corrected chi connectivity index (χ0v) is 13.7. The molecule has 7 atom stereocenters. The SMILES string of the molecule is C[C@]12CC[C@H]3[C@@H](CC=C4C[C@@H](O)CC[C@@]43CO)[C@@H]1CC[C@@H]2O. The Kier molecular flexibility index (Phi) is 3.49. The smallest absolute Gasteiger partial charge is 0.0596 e. The first-order valence-corrected chi connectivity index (χ1v) is 9.18. The van der Waals surface area contributed by atoms with E-state index in [2.05, 4.69) is 13.0 Å². The quantitative estimate of drug-likeness (QED) is 0.653. The molecule has 22 heavy (non-hydrogen) atoms. The van der Waals surface area contributed by atoms with Gasteiger partial charge in [-0.3, -0.25) is 0 Å². The predicted molar refractivity (Wildman–Crippen MR) is 85.1 cm³/mol. The van der Waals surface area contributed by atoms with Gasteiger partial charge in [-0.05, 0) is 74.5 Å². The van der Waals surface area contributed by atoms with Gasteiger partial charge in [-0.2, -0.15) is 0 Å². The van der Waals surface area contributed by atoms with E-state index in [1.54, 1.807) is 0 Å². The third-order valence-electron chi connectivity index (χ3n) is 8.03. The summed E-state index contributed by atoms with van der Waals surface area (Å²) in [6.45, 7) is 2.53. The fraction of sp³-hybridized carbons (Fsp3) is 0.895. The Morgan fingerprint density at radius 1 is 1.09 bits per heavy atom. The Hall–Kier alpha value is -0.380. The summed E-state index contributed by atoms with van der Waals surface area (Å²) in [6, 6.07) is 0. The molecule has 0 heterocycles. The summed E-state index contributed by atoms with van der Waals surface area (Å²) in [6.07, 6.45) is 9.91. The van der Waals surface area contributed by atoms with Crippen molar-refractivity contribution in [2.75, 3.05) is 6.61 Å². The predicted octanol–water partition coefficient (Wildman–Crippen LogP) is 2.64. The second kappa shape index (κ2) is 5.06. The van der Waals surface area contributed by atoms with Crippen molar-refractivity contribution in [1.82, 2.24) is 0 Å². The standard InChI is InChI=1S/C19H30O3/c1-18-8-7-16-14(15(18)4-5-17(18)22)3-2-12-10-13(21)6-9-19(12,16)11-20/h2,13-17,20-22H,3-11H2,1H3/t13-,14-,15-,16-,17-,18-,19+/m0/s1. The molecule has 3 saturated carbocycles. The van der Waals surface area contributed by atoms with Crippen molar-refractivity contribution in [1.29, 1.82) is 0 Å². The molecule has 3 heteroatoms. The van der Waals surface area contributed by atoms with Crippen LogP contribution in [-0.2, 0) is 0 Å². The van der Waals surface area contributed by atoms with Crippen molar-refractivity contribution in [3.05, 3.63) is 11.6 Å².